The fourth-order valence-electron chi connectivity index (χ4n) is 2.30. The van der Waals surface area contributed by atoms with E-state index in [2.05, 4.69) is 21.0 Å². The Morgan fingerprint density at radius 1 is 1.45 bits per heavy atom. The average molecular weight is 334 g/mol. The SMILES string of the molecule is Cn1cc(CCC(N)c2cc3cccc(Br)c3o2)cn1. The maximum Gasteiger partial charge on any atom is 0.148 e. The molecule has 0 fully saturated rings. The van der Waals surface area contributed by atoms with Gasteiger partial charge in [0.05, 0.1) is 16.7 Å². The molecule has 4 nitrogen and oxygen atoms in total. The lowest BCUT2D eigenvalue weighted by Crippen LogP contribution is -2.10. The van der Waals surface area contributed by atoms with Crippen molar-refractivity contribution < 1.29 is 4.42 Å². The van der Waals surface area contributed by atoms with E-state index >= 15 is 0 Å². The Labute approximate surface area is 125 Å². The number of aryl methyl sites for hydroxylation is 2. The van der Waals surface area contributed by atoms with Crippen molar-refractivity contribution in [1.29, 1.82) is 0 Å². The van der Waals surface area contributed by atoms with E-state index in [4.69, 9.17) is 10.2 Å². The number of halogens is 1. The molecule has 0 saturated heterocycles. The number of fused-ring (bicyclic) bond motifs is 1. The quantitative estimate of drug-likeness (QED) is 0.794. The summed E-state index contributed by atoms with van der Waals surface area (Å²) in [5.41, 5.74) is 8.28. The van der Waals surface area contributed by atoms with E-state index in [1.807, 2.05) is 43.7 Å². The molecule has 0 bridgehead atoms. The number of nitrogens with zero attached hydrogens (tertiary/aromatic N) is 2. The zero-order valence-electron chi connectivity index (χ0n) is 11.2. The molecule has 20 heavy (non-hydrogen) atoms. The predicted molar refractivity (Wildman–Crippen MR) is 82.4 cm³/mol. The standard InChI is InChI=1S/C15H16BrN3O/c1-19-9-10(8-18-19)5-6-13(17)14-7-11-3-2-4-12(16)15(11)20-14/h2-4,7-9,13H,5-6,17H2,1H3. The van der Waals surface area contributed by atoms with Crippen LogP contribution in [0.15, 0.2) is 45.5 Å². The van der Waals surface area contributed by atoms with Crippen LogP contribution in [0, 0.1) is 0 Å². The van der Waals surface area contributed by atoms with Crippen LogP contribution in [-0.2, 0) is 13.5 Å². The molecule has 1 atom stereocenters. The van der Waals surface area contributed by atoms with Crippen LogP contribution in [0.2, 0.25) is 0 Å². The summed E-state index contributed by atoms with van der Waals surface area (Å²) in [5.74, 6) is 0.829. The number of rotatable bonds is 4. The molecule has 3 rings (SSSR count). The molecule has 0 amide bonds. The molecular weight excluding hydrogens is 318 g/mol. The van der Waals surface area contributed by atoms with Crippen LogP contribution in [0.3, 0.4) is 0 Å². The summed E-state index contributed by atoms with van der Waals surface area (Å²) in [6, 6.07) is 7.91. The largest absolute Gasteiger partial charge is 0.458 e. The van der Waals surface area contributed by atoms with E-state index in [1.165, 1.54) is 5.56 Å². The maximum atomic E-state index is 6.23. The maximum absolute atomic E-state index is 6.23. The second-order valence-electron chi connectivity index (χ2n) is 4.97. The summed E-state index contributed by atoms with van der Waals surface area (Å²) in [5, 5.41) is 5.24. The first-order valence-electron chi connectivity index (χ1n) is 6.54. The van der Waals surface area contributed by atoms with Crippen LogP contribution in [0.5, 0.6) is 0 Å². The van der Waals surface area contributed by atoms with E-state index in [-0.39, 0.29) is 6.04 Å². The fraction of sp³-hybridized carbons (Fsp3) is 0.267. The minimum Gasteiger partial charge on any atom is -0.458 e. The van der Waals surface area contributed by atoms with Crippen LogP contribution in [0.1, 0.15) is 23.8 Å². The molecule has 2 N–H and O–H groups in total. The van der Waals surface area contributed by atoms with Gasteiger partial charge in [0.1, 0.15) is 11.3 Å². The first-order valence-corrected chi connectivity index (χ1v) is 7.34. The van der Waals surface area contributed by atoms with E-state index < -0.39 is 0 Å². The van der Waals surface area contributed by atoms with Crippen molar-refractivity contribution in [3.8, 4) is 0 Å². The van der Waals surface area contributed by atoms with Crippen molar-refractivity contribution in [1.82, 2.24) is 9.78 Å². The van der Waals surface area contributed by atoms with Crippen molar-refractivity contribution in [2.45, 2.75) is 18.9 Å². The van der Waals surface area contributed by atoms with Gasteiger partial charge in [-0.1, -0.05) is 12.1 Å². The normalized spacial score (nSPS) is 12.9. The molecule has 0 aliphatic rings. The molecule has 1 aromatic carbocycles. The summed E-state index contributed by atoms with van der Waals surface area (Å²) in [4.78, 5) is 0. The van der Waals surface area contributed by atoms with Gasteiger partial charge < -0.3 is 10.2 Å². The van der Waals surface area contributed by atoms with Crippen molar-refractivity contribution in [2.24, 2.45) is 12.8 Å². The lowest BCUT2D eigenvalue weighted by atomic mass is 10.1. The Hall–Kier alpha value is -1.59. The fourth-order valence-corrected chi connectivity index (χ4v) is 2.76. The number of hydrogen-bond donors (Lipinski definition) is 1. The van der Waals surface area contributed by atoms with Gasteiger partial charge in [0, 0.05) is 18.6 Å². The van der Waals surface area contributed by atoms with Gasteiger partial charge >= 0.3 is 0 Å². The van der Waals surface area contributed by atoms with E-state index in [9.17, 15) is 0 Å². The van der Waals surface area contributed by atoms with E-state index in [1.54, 1.807) is 4.68 Å². The number of para-hydroxylation sites is 1. The Morgan fingerprint density at radius 2 is 2.30 bits per heavy atom. The predicted octanol–water partition coefficient (Wildman–Crippen LogP) is 3.56. The van der Waals surface area contributed by atoms with Gasteiger partial charge in [0.25, 0.3) is 0 Å². The second kappa shape index (κ2) is 5.42. The van der Waals surface area contributed by atoms with Gasteiger partial charge in [-0.25, -0.2) is 0 Å². The molecule has 3 aromatic rings. The summed E-state index contributed by atoms with van der Waals surface area (Å²) < 4.78 is 8.63. The van der Waals surface area contributed by atoms with Gasteiger partial charge in [-0.05, 0) is 46.5 Å². The summed E-state index contributed by atoms with van der Waals surface area (Å²) in [6.45, 7) is 0. The third-order valence-electron chi connectivity index (χ3n) is 3.38. The first kappa shape index (κ1) is 13.4. The molecule has 0 spiro atoms. The van der Waals surface area contributed by atoms with Crippen LogP contribution < -0.4 is 5.73 Å². The van der Waals surface area contributed by atoms with E-state index in [0.29, 0.717) is 0 Å². The lowest BCUT2D eigenvalue weighted by molar-refractivity contribution is 0.477. The molecule has 0 saturated carbocycles. The van der Waals surface area contributed by atoms with E-state index in [0.717, 1.165) is 34.0 Å². The van der Waals surface area contributed by atoms with Gasteiger partial charge in [0.2, 0.25) is 0 Å². The molecule has 2 heterocycles. The summed E-state index contributed by atoms with van der Waals surface area (Å²) in [7, 11) is 1.92. The van der Waals surface area contributed by atoms with Crippen molar-refractivity contribution >= 4 is 26.9 Å². The number of hydrogen-bond acceptors (Lipinski definition) is 3. The van der Waals surface area contributed by atoms with Crippen molar-refractivity contribution in [3.05, 3.63) is 52.5 Å². The zero-order valence-corrected chi connectivity index (χ0v) is 12.8. The minimum atomic E-state index is -0.102. The third-order valence-corrected chi connectivity index (χ3v) is 4.01. The lowest BCUT2D eigenvalue weighted by Gasteiger charge is -2.06. The number of benzene rings is 1. The summed E-state index contributed by atoms with van der Waals surface area (Å²) in [6.07, 6.45) is 5.63. The first-order chi connectivity index (χ1) is 9.63. The van der Waals surface area contributed by atoms with Crippen LogP contribution in [-0.4, -0.2) is 9.78 Å². The Kier molecular flexibility index (Phi) is 3.63. The molecule has 2 aromatic heterocycles. The van der Waals surface area contributed by atoms with Gasteiger partial charge in [-0.15, -0.1) is 0 Å². The number of furan rings is 1. The van der Waals surface area contributed by atoms with Gasteiger partial charge in [0.15, 0.2) is 0 Å². The Balaban J connectivity index is 1.75. The van der Waals surface area contributed by atoms with Crippen LogP contribution in [0.4, 0.5) is 0 Å². The molecular formula is C15H16BrN3O. The zero-order chi connectivity index (χ0) is 14.1. The van der Waals surface area contributed by atoms with Crippen LogP contribution in [0.25, 0.3) is 11.0 Å². The molecule has 0 radical (unpaired) electrons. The highest BCUT2D eigenvalue weighted by Crippen LogP contribution is 2.30. The Bertz CT molecular complexity index is 732. The summed E-state index contributed by atoms with van der Waals surface area (Å²) >= 11 is 3.49. The molecule has 0 aliphatic carbocycles. The van der Waals surface area contributed by atoms with Gasteiger partial charge in [-0.2, -0.15) is 5.10 Å². The molecule has 104 valence electrons. The average Bonchev–Trinajstić information content (AvgIpc) is 3.03. The number of nitrogens with two attached hydrogens (primary N) is 1. The molecule has 5 heteroatoms. The smallest absolute Gasteiger partial charge is 0.148 e. The highest BCUT2D eigenvalue weighted by atomic mass is 79.9. The topological polar surface area (TPSA) is 57.0 Å². The minimum absolute atomic E-state index is 0.102. The van der Waals surface area contributed by atoms with Crippen molar-refractivity contribution in [3.63, 3.8) is 0 Å². The molecule has 1 unspecified atom stereocenters. The number of aromatic nitrogens is 2. The molecule has 0 aliphatic heterocycles. The van der Waals surface area contributed by atoms with Crippen LogP contribution >= 0.6 is 15.9 Å². The van der Waals surface area contributed by atoms with Gasteiger partial charge in [-0.3, -0.25) is 4.68 Å². The highest BCUT2D eigenvalue weighted by molar-refractivity contribution is 9.10. The second-order valence-corrected chi connectivity index (χ2v) is 5.83. The monoisotopic (exact) mass is 333 g/mol. The van der Waals surface area contributed by atoms with Crippen molar-refractivity contribution in [2.75, 3.05) is 0 Å². The third kappa shape index (κ3) is 2.64. The highest BCUT2D eigenvalue weighted by Gasteiger charge is 2.13. The Morgan fingerprint density at radius 3 is 3.00 bits per heavy atom.